The summed E-state index contributed by atoms with van der Waals surface area (Å²) in [4.78, 5) is 2.38. The summed E-state index contributed by atoms with van der Waals surface area (Å²) in [6, 6.07) is 10.5. The van der Waals surface area contributed by atoms with Crippen LogP contribution in [-0.2, 0) is 0 Å². The Morgan fingerprint density at radius 2 is 1.83 bits per heavy atom. The third kappa shape index (κ3) is 5.07. The Labute approximate surface area is 111 Å². The molecule has 0 saturated heterocycles. The molecule has 1 atom stereocenters. The Kier molecular flexibility index (Phi) is 5.63. The molecule has 1 rings (SSSR count). The Bertz CT molecular complexity index is 336. The summed E-state index contributed by atoms with van der Waals surface area (Å²) in [7, 11) is 4.34. The fourth-order valence-electron chi connectivity index (χ4n) is 2.31. The Morgan fingerprint density at radius 1 is 1.22 bits per heavy atom. The van der Waals surface area contributed by atoms with Crippen LogP contribution in [0.1, 0.15) is 13.8 Å². The number of quaternary nitrogens is 1. The van der Waals surface area contributed by atoms with Crippen molar-refractivity contribution in [3.05, 3.63) is 30.3 Å². The molecule has 0 aromatic heterocycles. The first-order valence-corrected chi connectivity index (χ1v) is 6.74. The number of para-hydroxylation sites is 1. The van der Waals surface area contributed by atoms with Gasteiger partial charge in [0.2, 0.25) is 0 Å². The second kappa shape index (κ2) is 6.76. The van der Waals surface area contributed by atoms with Gasteiger partial charge < -0.3 is 14.5 Å². The van der Waals surface area contributed by atoms with Crippen LogP contribution in [0.4, 0.5) is 5.69 Å². The van der Waals surface area contributed by atoms with Crippen LogP contribution in [0.15, 0.2) is 30.3 Å². The standard InChI is InChI=1S/C15H27N2O/c1-5-16(15-9-7-6-8-10-15)11-12-17(3,4)13-14(2)18/h6-10,14,18H,5,11-13H2,1-4H3/q+1/t14-/m1/s1. The number of aliphatic hydroxyl groups is 1. The summed E-state index contributed by atoms with van der Waals surface area (Å²) >= 11 is 0. The lowest BCUT2D eigenvalue weighted by Gasteiger charge is -2.34. The predicted molar refractivity (Wildman–Crippen MR) is 77.9 cm³/mol. The molecular formula is C15H27N2O+. The highest BCUT2D eigenvalue weighted by atomic mass is 16.3. The summed E-state index contributed by atoms with van der Waals surface area (Å²) in [5, 5.41) is 9.50. The lowest BCUT2D eigenvalue weighted by Crippen LogP contribution is -2.49. The van der Waals surface area contributed by atoms with Crippen LogP contribution >= 0.6 is 0 Å². The first-order chi connectivity index (χ1) is 8.44. The van der Waals surface area contributed by atoms with Crippen molar-refractivity contribution in [3.63, 3.8) is 0 Å². The van der Waals surface area contributed by atoms with E-state index in [0.29, 0.717) is 0 Å². The normalized spacial score (nSPS) is 13.4. The minimum Gasteiger partial charge on any atom is -0.388 e. The van der Waals surface area contributed by atoms with Crippen LogP contribution in [0.2, 0.25) is 0 Å². The largest absolute Gasteiger partial charge is 0.388 e. The van der Waals surface area contributed by atoms with E-state index in [-0.39, 0.29) is 6.10 Å². The molecule has 0 amide bonds. The van der Waals surface area contributed by atoms with Crippen LogP contribution in [0, 0.1) is 0 Å². The molecule has 3 heteroatoms. The molecule has 0 aliphatic heterocycles. The molecule has 1 aromatic carbocycles. The fourth-order valence-corrected chi connectivity index (χ4v) is 2.31. The maximum atomic E-state index is 9.50. The summed E-state index contributed by atoms with van der Waals surface area (Å²) in [6.45, 7) is 7.90. The molecular weight excluding hydrogens is 224 g/mol. The first-order valence-electron chi connectivity index (χ1n) is 6.74. The van der Waals surface area contributed by atoms with Crippen molar-refractivity contribution in [1.82, 2.24) is 0 Å². The summed E-state index contributed by atoms with van der Waals surface area (Å²) < 4.78 is 0.848. The molecule has 1 N–H and O–H groups in total. The van der Waals surface area contributed by atoms with Gasteiger partial charge in [-0.05, 0) is 26.0 Å². The monoisotopic (exact) mass is 251 g/mol. The smallest absolute Gasteiger partial charge is 0.104 e. The number of benzene rings is 1. The first kappa shape index (κ1) is 15.0. The average molecular weight is 251 g/mol. The topological polar surface area (TPSA) is 23.5 Å². The van der Waals surface area contributed by atoms with E-state index in [9.17, 15) is 5.11 Å². The van der Waals surface area contributed by atoms with Gasteiger partial charge in [0, 0.05) is 12.2 Å². The van der Waals surface area contributed by atoms with Gasteiger partial charge in [-0.25, -0.2) is 0 Å². The van der Waals surface area contributed by atoms with Crippen LogP contribution in [0.25, 0.3) is 0 Å². The van der Waals surface area contributed by atoms with E-state index in [1.807, 2.05) is 13.0 Å². The van der Waals surface area contributed by atoms with Crippen LogP contribution < -0.4 is 4.90 Å². The predicted octanol–water partition coefficient (Wildman–Crippen LogP) is 1.97. The van der Waals surface area contributed by atoms with E-state index in [0.717, 1.165) is 30.7 Å². The maximum absolute atomic E-state index is 9.50. The second-order valence-corrected chi connectivity index (χ2v) is 5.61. The molecule has 0 bridgehead atoms. The van der Waals surface area contributed by atoms with E-state index in [4.69, 9.17) is 0 Å². The van der Waals surface area contributed by atoms with Gasteiger partial charge >= 0.3 is 0 Å². The van der Waals surface area contributed by atoms with Gasteiger partial charge in [-0.3, -0.25) is 0 Å². The molecule has 0 aliphatic carbocycles. The lowest BCUT2D eigenvalue weighted by atomic mass is 10.2. The Hall–Kier alpha value is -1.06. The van der Waals surface area contributed by atoms with Gasteiger partial charge in [-0.1, -0.05) is 18.2 Å². The minimum atomic E-state index is -0.244. The molecule has 0 heterocycles. The third-order valence-corrected chi connectivity index (χ3v) is 3.24. The fraction of sp³-hybridized carbons (Fsp3) is 0.600. The molecule has 0 radical (unpaired) electrons. The van der Waals surface area contributed by atoms with Crippen molar-refractivity contribution >= 4 is 5.69 Å². The number of aliphatic hydroxyl groups excluding tert-OH is 1. The number of anilines is 1. The number of rotatable bonds is 7. The van der Waals surface area contributed by atoms with Crippen molar-refractivity contribution in [2.75, 3.05) is 45.2 Å². The number of hydrogen-bond acceptors (Lipinski definition) is 2. The van der Waals surface area contributed by atoms with E-state index in [1.54, 1.807) is 0 Å². The van der Waals surface area contributed by atoms with Crippen molar-refractivity contribution in [2.45, 2.75) is 20.0 Å². The van der Waals surface area contributed by atoms with Gasteiger partial charge in [0.15, 0.2) is 0 Å². The van der Waals surface area contributed by atoms with Gasteiger partial charge in [-0.15, -0.1) is 0 Å². The summed E-state index contributed by atoms with van der Waals surface area (Å²) in [5.41, 5.74) is 1.28. The summed E-state index contributed by atoms with van der Waals surface area (Å²) in [5.74, 6) is 0. The molecule has 0 fully saturated rings. The third-order valence-electron chi connectivity index (χ3n) is 3.24. The van der Waals surface area contributed by atoms with Gasteiger partial charge in [0.1, 0.15) is 12.6 Å². The number of nitrogens with zero attached hydrogens (tertiary/aromatic N) is 2. The quantitative estimate of drug-likeness (QED) is 0.749. The highest BCUT2D eigenvalue weighted by Crippen LogP contribution is 2.13. The minimum absolute atomic E-state index is 0.244. The van der Waals surface area contributed by atoms with Crippen LogP contribution in [-0.4, -0.2) is 56.0 Å². The van der Waals surface area contributed by atoms with Crippen molar-refractivity contribution in [2.24, 2.45) is 0 Å². The van der Waals surface area contributed by atoms with Crippen molar-refractivity contribution in [1.29, 1.82) is 0 Å². The summed E-state index contributed by atoms with van der Waals surface area (Å²) in [6.07, 6.45) is -0.244. The lowest BCUT2D eigenvalue weighted by molar-refractivity contribution is -0.891. The molecule has 18 heavy (non-hydrogen) atoms. The molecule has 0 saturated carbocycles. The second-order valence-electron chi connectivity index (χ2n) is 5.61. The zero-order chi connectivity index (χ0) is 13.6. The Morgan fingerprint density at radius 3 is 2.33 bits per heavy atom. The van der Waals surface area contributed by atoms with E-state index in [1.165, 1.54) is 5.69 Å². The average Bonchev–Trinajstić information content (AvgIpc) is 2.29. The van der Waals surface area contributed by atoms with Gasteiger partial charge in [0.25, 0.3) is 0 Å². The number of hydrogen-bond donors (Lipinski definition) is 1. The zero-order valence-corrected chi connectivity index (χ0v) is 12.1. The highest BCUT2D eigenvalue weighted by molar-refractivity contribution is 5.45. The molecule has 3 nitrogen and oxygen atoms in total. The van der Waals surface area contributed by atoms with Gasteiger partial charge in [-0.2, -0.15) is 0 Å². The SMILES string of the molecule is CCN(CC[N+](C)(C)C[C@@H](C)O)c1ccccc1. The highest BCUT2D eigenvalue weighted by Gasteiger charge is 2.19. The zero-order valence-electron chi connectivity index (χ0n) is 12.1. The number of likely N-dealkylation sites (N-methyl/N-ethyl adjacent to an activating group) is 2. The molecule has 0 unspecified atom stereocenters. The van der Waals surface area contributed by atoms with Crippen molar-refractivity contribution in [3.8, 4) is 0 Å². The molecule has 1 aromatic rings. The van der Waals surface area contributed by atoms with Gasteiger partial charge in [0.05, 0.1) is 27.2 Å². The van der Waals surface area contributed by atoms with E-state index >= 15 is 0 Å². The van der Waals surface area contributed by atoms with E-state index < -0.39 is 0 Å². The maximum Gasteiger partial charge on any atom is 0.104 e. The van der Waals surface area contributed by atoms with Crippen molar-refractivity contribution < 1.29 is 9.59 Å². The molecule has 0 aliphatic rings. The van der Waals surface area contributed by atoms with Crippen LogP contribution in [0.5, 0.6) is 0 Å². The molecule has 0 spiro atoms. The Balaban J connectivity index is 2.55. The van der Waals surface area contributed by atoms with E-state index in [2.05, 4.69) is 50.2 Å². The molecule has 102 valence electrons. The van der Waals surface area contributed by atoms with Crippen LogP contribution in [0.3, 0.4) is 0 Å².